The van der Waals surface area contributed by atoms with Gasteiger partial charge in [0.1, 0.15) is 5.69 Å². The van der Waals surface area contributed by atoms with Crippen molar-refractivity contribution in [1.82, 2.24) is 19.4 Å². The van der Waals surface area contributed by atoms with Crippen molar-refractivity contribution in [2.45, 2.75) is 18.4 Å². The van der Waals surface area contributed by atoms with Gasteiger partial charge in [-0.2, -0.15) is 4.31 Å². The van der Waals surface area contributed by atoms with Crippen LogP contribution < -0.4 is 5.32 Å². The third-order valence-electron chi connectivity index (χ3n) is 6.53. The molecule has 0 spiro atoms. The Bertz CT molecular complexity index is 1450. The first-order valence-corrected chi connectivity index (χ1v) is 13.2. The van der Waals surface area contributed by atoms with E-state index < -0.39 is 10.0 Å². The highest BCUT2D eigenvalue weighted by Crippen LogP contribution is 2.32. The average molecular weight is 488 g/mol. The molecule has 1 aliphatic rings. The molecule has 1 aliphatic heterocycles. The molecular formula is C27H29N5O2S. The summed E-state index contributed by atoms with van der Waals surface area (Å²) >= 11 is 0. The monoisotopic (exact) mass is 487 g/mol. The van der Waals surface area contributed by atoms with Gasteiger partial charge in [-0.3, -0.25) is 0 Å². The van der Waals surface area contributed by atoms with Gasteiger partial charge in [0.05, 0.1) is 4.90 Å². The van der Waals surface area contributed by atoms with Gasteiger partial charge in [0, 0.05) is 49.1 Å². The lowest BCUT2D eigenvalue weighted by atomic mass is 10.0. The Morgan fingerprint density at radius 1 is 0.857 bits per heavy atom. The summed E-state index contributed by atoms with van der Waals surface area (Å²) in [4.78, 5) is 2.47. The lowest BCUT2D eigenvalue weighted by molar-refractivity contribution is 0.222. The molecule has 7 nitrogen and oxygen atoms in total. The number of rotatable bonds is 6. The van der Waals surface area contributed by atoms with Crippen LogP contribution in [0.15, 0.2) is 77.7 Å². The van der Waals surface area contributed by atoms with Crippen molar-refractivity contribution in [2.75, 3.05) is 38.5 Å². The number of hydrogen-bond donors (Lipinski definition) is 1. The van der Waals surface area contributed by atoms with Crippen LogP contribution in [-0.4, -0.2) is 61.0 Å². The Kier molecular flexibility index (Phi) is 6.51. The van der Waals surface area contributed by atoms with Crippen LogP contribution in [-0.2, 0) is 16.6 Å². The Balaban J connectivity index is 1.51. The van der Waals surface area contributed by atoms with Crippen molar-refractivity contribution in [3.05, 3.63) is 83.9 Å². The number of sulfonamides is 1. The fourth-order valence-electron chi connectivity index (χ4n) is 4.42. The van der Waals surface area contributed by atoms with Gasteiger partial charge < -0.3 is 10.2 Å². The molecule has 1 aromatic heterocycles. The number of benzene rings is 3. The van der Waals surface area contributed by atoms with Crippen LogP contribution in [0.1, 0.15) is 11.1 Å². The van der Waals surface area contributed by atoms with E-state index in [1.807, 2.05) is 68.6 Å². The largest absolute Gasteiger partial charge is 0.364 e. The molecule has 0 saturated carbocycles. The fourth-order valence-corrected chi connectivity index (χ4v) is 6.10. The molecule has 5 rings (SSSR count). The summed E-state index contributed by atoms with van der Waals surface area (Å²) in [6, 6.07) is 23.6. The molecule has 0 aliphatic carbocycles. The number of anilines is 1. The smallest absolute Gasteiger partial charge is 0.243 e. The van der Waals surface area contributed by atoms with Crippen LogP contribution >= 0.6 is 0 Å². The second kappa shape index (κ2) is 9.73. The summed E-state index contributed by atoms with van der Waals surface area (Å²) in [5.41, 5.74) is 3.29. The third-order valence-corrected chi connectivity index (χ3v) is 8.57. The quantitative estimate of drug-likeness (QED) is 0.440. The van der Waals surface area contributed by atoms with Gasteiger partial charge in [-0.15, -0.1) is 10.2 Å². The minimum atomic E-state index is -3.60. The summed E-state index contributed by atoms with van der Waals surface area (Å²) < 4.78 is 28.6. The zero-order chi connectivity index (χ0) is 24.4. The molecule has 0 bridgehead atoms. The number of hydrogen-bond acceptors (Lipinski definition) is 6. The second-order valence-electron chi connectivity index (χ2n) is 8.97. The number of aryl methyl sites for hydroxylation is 1. The van der Waals surface area contributed by atoms with Gasteiger partial charge in [-0.1, -0.05) is 66.7 Å². The van der Waals surface area contributed by atoms with Gasteiger partial charge in [0.2, 0.25) is 10.0 Å². The molecule has 0 radical (unpaired) electrons. The number of piperazine rings is 1. The summed E-state index contributed by atoms with van der Waals surface area (Å²) in [6.45, 7) is 4.92. The summed E-state index contributed by atoms with van der Waals surface area (Å²) in [5.74, 6) is 0.700. The Hall–Kier alpha value is -3.33. The minimum Gasteiger partial charge on any atom is -0.364 e. The van der Waals surface area contributed by atoms with Crippen LogP contribution in [0.2, 0.25) is 0 Å². The summed E-state index contributed by atoms with van der Waals surface area (Å²) in [5, 5.41) is 14.3. The number of likely N-dealkylation sites (N-methyl/N-ethyl adjacent to an activating group) is 1. The number of aromatic nitrogens is 2. The summed E-state index contributed by atoms with van der Waals surface area (Å²) in [7, 11) is -1.59. The SMILES string of the molecule is Cc1ccc(-c2nnc(NCc3ccccc3)c3ccccc23)cc1S(=O)(=O)N1CCN(C)CC1. The molecule has 0 amide bonds. The number of nitrogens with zero attached hydrogens (tertiary/aromatic N) is 4. The zero-order valence-corrected chi connectivity index (χ0v) is 20.8. The van der Waals surface area contributed by atoms with Gasteiger partial charge in [-0.05, 0) is 31.2 Å². The Morgan fingerprint density at radius 2 is 1.54 bits per heavy atom. The molecule has 35 heavy (non-hydrogen) atoms. The van der Waals surface area contributed by atoms with Crippen molar-refractivity contribution in [1.29, 1.82) is 0 Å². The van der Waals surface area contributed by atoms with E-state index in [0.717, 1.165) is 40.6 Å². The standard InChI is InChI=1S/C27H29N5O2S/c1-20-12-13-22(18-25(20)35(33,34)32-16-14-31(2)15-17-32)26-23-10-6-7-11-24(23)27(30-29-26)28-19-21-8-4-3-5-9-21/h3-13,18H,14-17,19H2,1-2H3,(H,28,30). The molecule has 8 heteroatoms. The maximum Gasteiger partial charge on any atom is 0.243 e. The van der Waals surface area contributed by atoms with Crippen molar-refractivity contribution in [3.8, 4) is 11.3 Å². The minimum absolute atomic E-state index is 0.330. The number of fused-ring (bicyclic) bond motifs is 1. The van der Waals surface area contributed by atoms with E-state index in [0.29, 0.717) is 36.0 Å². The fraction of sp³-hybridized carbons (Fsp3) is 0.259. The van der Waals surface area contributed by atoms with Crippen LogP contribution in [0.4, 0.5) is 5.82 Å². The second-order valence-corrected chi connectivity index (χ2v) is 10.9. The molecule has 180 valence electrons. The molecule has 1 N–H and O–H groups in total. The van der Waals surface area contributed by atoms with E-state index in [4.69, 9.17) is 0 Å². The first kappa shape index (κ1) is 23.4. The molecule has 0 atom stereocenters. The maximum absolute atomic E-state index is 13.5. The average Bonchev–Trinajstić information content (AvgIpc) is 2.88. The zero-order valence-electron chi connectivity index (χ0n) is 20.0. The molecule has 0 unspecified atom stereocenters. The lowest BCUT2D eigenvalue weighted by Gasteiger charge is -2.32. The highest BCUT2D eigenvalue weighted by atomic mass is 32.2. The molecule has 3 aromatic carbocycles. The van der Waals surface area contributed by atoms with E-state index in [9.17, 15) is 8.42 Å². The van der Waals surface area contributed by atoms with Crippen molar-refractivity contribution in [2.24, 2.45) is 0 Å². The van der Waals surface area contributed by atoms with E-state index >= 15 is 0 Å². The third kappa shape index (κ3) is 4.77. The number of nitrogens with one attached hydrogen (secondary N) is 1. The molecule has 1 saturated heterocycles. The van der Waals surface area contributed by atoms with Crippen molar-refractivity contribution >= 4 is 26.6 Å². The highest BCUT2D eigenvalue weighted by molar-refractivity contribution is 7.89. The van der Waals surface area contributed by atoms with E-state index in [1.165, 1.54) is 0 Å². The van der Waals surface area contributed by atoms with Gasteiger partial charge >= 0.3 is 0 Å². The Morgan fingerprint density at radius 3 is 2.29 bits per heavy atom. The predicted octanol–water partition coefficient (Wildman–Crippen LogP) is 4.15. The van der Waals surface area contributed by atoms with E-state index in [2.05, 4.69) is 32.5 Å². The molecule has 1 fully saturated rings. The van der Waals surface area contributed by atoms with E-state index in [-0.39, 0.29) is 0 Å². The van der Waals surface area contributed by atoms with Crippen molar-refractivity contribution in [3.63, 3.8) is 0 Å². The summed E-state index contributed by atoms with van der Waals surface area (Å²) in [6.07, 6.45) is 0. The topological polar surface area (TPSA) is 78.4 Å². The Labute approximate surface area is 206 Å². The van der Waals surface area contributed by atoms with Gasteiger partial charge in [0.15, 0.2) is 5.82 Å². The highest BCUT2D eigenvalue weighted by Gasteiger charge is 2.29. The molecule has 4 aromatic rings. The van der Waals surface area contributed by atoms with Crippen LogP contribution in [0.3, 0.4) is 0 Å². The van der Waals surface area contributed by atoms with E-state index in [1.54, 1.807) is 10.4 Å². The van der Waals surface area contributed by atoms with Gasteiger partial charge in [-0.25, -0.2) is 8.42 Å². The van der Waals surface area contributed by atoms with Crippen molar-refractivity contribution < 1.29 is 8.42 Å². The first-order valence-electron chi connectivity index (χ1n) is 11.8. The maximum atomic E-state index is 13.5. The molecular weight excluding hydrogens is 458 g/mol. The van der Waals surface area contributed by atoms with Crippen LogP contribution in [0.25, 0.3) is 22.0 Å². The molecule has 2 heterocycles. The van der Waals surface area contributed by atoms with Crippen LogP contribution in [0.5, 0.6) is 0 Å². The van der Waals surface area contributed by atoms with Gasteiger partial charge in [0.25, 0.3) is 0 Å². The lowest BCUT2D eigenvalue weighted by Crippen LogP contribution is -2.47. The first-order chi connectivity index (χ1) is 16.9. The normalized spacial score (nSPS) is 15.4. The van der Waals surface area contributed by atoms with Crippen LogP contribution in [0, 0.1) is 6.92 Å². The predicted molar refractivity (Wildman–Crippen MR) is 140 cm³/mol.